The Hall–Kier alpha value is -2.21. The molecule has 1 aromatic heterocycles. The summed E-state index contributed by atoms with van der Waals surface area (Å²) in [5.74, 6) is 0.0191. The lowest BCUT2D eigenvalue weighted by Crippen LogP contribution is -2.32. The average molecular weight is 386 g/mol. The van der Waals surface area contributed by atoms with Gasteiger partial charge in [-0.25, -0.2) is 4.68 Å². The maximum atomic E-state index is 12.7. The van der Waals surface area contributed by atoms with Gasteiger partial charge in [0.05, 0.1) is 11.5 Å². The zero-order valence-corrected chi connectivity index (χ0v) is 16.9. The summed E-state index contributed by atoms with van der Waals surface area (Å²) < 4.78 is 7.32. The van der Waals surface area contributed by atoms with Gasteiger partial charge < -0.3 is 10.1 Å². The molecule has 152 valence electrons. The number of nitrogens with one attached hydrogen (secondary N) is 1. The zero-order chi connectivity index (χ0) is 19.9. The van der Waals surface area contributed by atoms with Crippen molar-refractivity contribution in [1.82, 2.24) is 15.1 Å². The number of hydrogen-bond acceptors (Lipinski definition) is 4. The van der Waals surface area contributed by atoms with E-state index in [0.717, 1.165) is 19.3 Å². The van der Waals surface area contributed by atoms with Crippen LogP contribution >= 0.6 is 0 Å². The van der Waals surface area contributed by atoms with Crippen molar-refractivity contribution in [2.75, 3.05) is 13.2 Å². The topological polar surface area (TPSA) is 73.2 Å². The molecule has 1 amide bonds. The molecule has 6 heteroatoms. The Balaban J connectivity index is 1.63. The number of nitrogens with zero attached hydrogens (tertiary/aromatic N) is 2. The fourth-order valence-corrected chi connectivity index (χ4v) is 3.71. The van der Waals surface area contributed by atoms with Gasteiger partial charge in [-0.3, -0.25) is 9.59 Å². The molecule has 1 aliphatic rings. The fraction of sp³-hybridized carbons (Fsp3) is 0.591. The standard InChI is InChI=1S/C22H31N3O3/c1-16(2)15-25-22(27)19-12-7-6-11-18(19)20(24-25)21(26)23-13-8-14-28-17-9-4-3-5-10-17/h6-7,11-12,16-17H,3-5,8-10,13-15H2,1-2H3,(H,23,26). The van der Waals surface area contributed by atoms with Crippen LogP contribution in [0.25, 0.3) is 10.8 Å². The summed E-state index contributed by atoms with van der Waals surface area (Å²) in [4.78, 5) is 25.4. The molecule has 1 fully saturated rings. The predicted octanol–water partition coefficient (Wildman–Crippen LogP) is 3.52. The molecule has 1 heterocycles. The third-order valence-corrected chi connectivity index (χ3v) is 5.13. The lowest BCUT2D eigenvalue weighted by Gasteiger charge is -2.21. The predicted molar refractivity (Wildman–Crippen MR) is 111 cm³/mol. The van der Waals surface area contributed by atoms with Crippen molar-refractivity contribution in [2.24, 2.45) is 5.92 Å². The van der Waals surface area contributed by atoms with Gasteiger partial charge in [-0.2, -0.15) is 5.10 Å². The van der Waals surface area contributed by atoms with Crippen LogP contribution in [0.1, 0.15) is 62.9 Å². The Morgan fingerprint density at radius 1 is 1.21 bits per heavy atom. The summed E-state index contributed by atoms with van der Waals surface area (Å²) in [6.45, 7) is 5.72. The van der Waals surface area contributed by atoms with E-state index in [1.54, 1.807) is 12.1 Å². The molecule has 0 radical (unpaired) electrons. The first kappa shape index (κ1) is 20.5. The Morgan fingerprint density at radius 2 is 1.93 bits per heavy atom. The van der Waals surface area contributed by atoms with E-state index in [2.05, 4.69) is 10.4 Å². The van der Waals surface area contributed by atoms with Gasteiger partial charge in [0.25, 0.3) is 11.5 Å². The van der Waals surface area contributed by atoms with Crippen molar-refractivity contribution >= 4 is 16.7 Å². The number of benzene rings is 1. The van der Waals surface area contributed by atoms with Gasteiger partial charge in [-0.15, -0.1) is 0 Å². The number of ether oxygens (including phenoxy) is 1. The van der Waals surface area contributed by atoms with Gasteiger partial charge in [0.2, 0.25) is 0 Å². The molecular weight excluding hydrogens is 354 g/mol. The molecule has 1 N–H and O–H groups in total. The number of hydrogen-bond donors (Lipinski definition) is 1. The summed E-state index contributed by atoms with van der Waals surface area (Å²) >= 11 is 0. The molecule has 1 aromatic carbocycles. The number of amides is 1. The van der Waals surface area contributed by atoms with Crippen molar-refractivity contribution in [3.8, 4) is 0 Å². The van der Waals surface area contributed by atoms with E-state index in [1.807, 2.05) is 26.0 Å². The summed E-state index contributed by atoms with van der Waals surface area (Å²) in [6, 6.07) is 7.17. The molecule has 0 bridgehead atoms. The molecule has 28 heavy (non-hydrogen) atoms. The summed E-state index contributed by atoms with van der Waals surface area (Å²) in [5.41, 5.74) is 0.158. The van der Waals surface area contributed by atoms with Crippen LogP contribution in [0.5, 0.6) is 0 Å². The second-order valence-electron chi connectivity index (χ2n) is 8.02. The maximum absolute atomic E-state index is 12.7. The highest BCUT2D eigenvalue weighted by molar-refractivity contribution is 6.04. The molecule has 0 saturated heterocycles. The molecule has 0 spiro atoms. The molecule has 1 aliphatic carbocycles. The van der Waals surface area contributed by atoms with Gasteiger partial charge in [0, 0.05) is 25.1 Å². The van der Waals surface area contributed by atoms with Gasteiger partial charge in [-0.1, -0.05) is 51.3 Å². The Morgan fingerprint density at radius 3 is 2.64 bits per heavy atom. The molecule has 0 unspecified atom stereocenters. The largest absolute Gasteiger partial charge is 0.378 e. The molecule has 0 aliphatic heterocycles. The van der Waals surface area contributed by atoms with Gasteiger partial charge >= 0.3 is 0 Å². The first-order valence-corrected chi connectivity index (χ1v) is 10.5. The minimum atomic E-state index is -0.244. The smallest absolute Gasteiger partial charge is 0.274 e. The van der Waals surface area contributed by atoms with E-state index in [0.29, 0.717) is 42.3 Å². The zero-order valence-electron chi connectivity index (χ0n) is 16.9. The quantitative estimate of drug-likeness (QED) is 0.706. The van der Waals surface area contributed by atoms with Crippen LogP contribution in [0.15, 0.2) is 29.1 Å². The Bertz CT molecular complexity index is 854. The van der Waals surface area contributed by atoms with Crippen LogP contribution in [-0.4, -0.2) is 34.9 Å². The monoisotopic (exact) mass is 385 g/mol. The van der Waals surface area contributed by atoms with Crippen LogP contribution in [0.2, 0.25) is 0 Å². The van der Waals surface area contributed by atoms with Crippen molar-refractivity contribution in [2.45, 2.75) is 65.0 Å². The number of carbonyl (C=O) groups excluding carboxylic acids is 1. The molecule has 0 atom stereocenters. The second kappa shape index (κ2) is 9.82. The summed E-state index contributed by atoms with van der Waals surface area (Å²) in [7, 11) is 0. The molecule has 1 saturated carbocycles. The van der Waals surface area contributed by atoms with E-state index in [9.17, 15) is 9.59 Å². The van der Waals surface area contributed by atoms with Gasteiger partial charge in [-0.05, 0) is 31.2 Å². The molecule has 6 nitrogen and oxygen atoms in total. The number of rotatable bonds is 8. The lowest BCUT2D eigenvalue weighted by molar-refractivity contribution is 0.0273. The highest BCUT2D eigenvalue weighted by Crippen LogP contribution is 2.20. The fourth-order valence-electron chi connectivity index (χ4n) is 3.71. The lowest BCUT2D eigenvalue weighted by atomic mass is 9.98. The summed E-state index contributed by atoms with van der Waals surface area (Å²) in [6.07, 6.45) is 7.29. The van der Waals surface area contributed by atoms with Crippen molar-refractivity contribution < 1.29 is 9.53 Å². The van der Waals surface area contributed by atoms with Crippen LogP contribution in [-0.2, 0) is 11.3 Å². The van der Waals surface area contributed by atoms with Crippen LogP contribution < -0.4 is 10.9 Å². The van der Waals surface area contributed by atoms with E-state index in [-0.39, 0.29) is 17.4 Å². The normalized spacial score (nSPS) is 15.2. The average Bonchev–Trinajstić information content (AvgIpc) is 2.70. The summed E-state index contributed by atoms with van der Waals surface area (Å²) in [5, 5.41) is 8.44. The van der Waals surface area contributed by atoms with E-state index in [1.165, 1.54) is 23.9 Å². The van der Waals surface area contributed by atoms with E-state index >= 15 is 0 Å². The second-order valence-corrected chi connectivity index (χ2v) is 8.02. The van der Waals surface area contributed by atoms with Crippen molar-refractivity contribution in [3.63, 3.8) is 0 Å². The molecular formula is C22H31N3O3. The van der Waals surface area contributed by atoms with Crippen molar-refractivity contribution in [1.29, 1.82) is 0 Å². The first-order valence-electron chi connectivity index (χ1n) is 10.5. The van der Waals surface area contributed by atoms with E-state index < -0.39 is 0 Å². The molecule has 2 aromatic rings. The third kappa shape index (κ3) is 5.19. The van der Waals surface area contributed by atoms with Crippen LogP contribution in [0.3, 0.4) is 0 Å². The van der Waals surface area contributed by atoms with Gasteiger partial charge in [0.1, 0.15) is 0 Å². The van der Waals surface area contributed by atoms with Crippen molar-refractivity contribution in [3.05, 3.63) is 40.3 Å². The van der Waals surface area contributed by atoms with Crippen LogP contribution in [0, 0.1) is 5.92 Å². The Labute approximate surface area is 166 Å². The molecule has 3 rings (SSSR count). The SMILES string of the molecule is CC(C)Cn1nc(C(=O)NCCCOC2CCCCC2)c2ccccc2c1=O. The minimum Gasteiger partial charge on any atom is -0.378 e. The highest BCUT2D eigenvalue weighted by Gasteiger charge is 2.17. The third-order valence-electron chi connectivity index (χ3n) is 5.13. The minimum absolute atomic E-state index is 0.151. The first-order chi connectivity index (χ1) is 13.6. The number of fused-ring (bicyclic) bond motifs is 1. The maximum Gasteiger partial charge on any atom is 0.274 e. The number of aromatic nitrogens is 2. The number of carbonyl (C=O) groups is 1. The highest BCUT2D eigenvalue weighted by atomic mass is 16.5. The van der Waals surface area contributed by atoms with Crippen LogP contribution in [0.4, 0.5) is 0 Å². The van der Waals surface area contributed by atoms with Gasteiger partial charge in [0.15, 0.2) is 5.69 Å². The van der Waals surface area contributed by atoms with E-state index in [4.69, 9.17) is 4.74 Å². The Kier molecular flexibility index (Phi) is 7.20.